The molecule has 2 heterocycles. The van der Waals surface area contributed by atoms with Crippen LogP contribution in [0.2, 0.25) is 0 Å². The van der Waals surface area contributed by atoms with Crippen molar-refractivity contribution in [1.29, 1.82) is 0 Å². The molecule has 1 atom stereocenters. The topological polar surface area (TPSA) is 16.1 Å². The molecule has 0 saturated carbocycles. The number of piperidine rings is 1. The van der Waals surface area contributed by atoms with E-state index in [0.717, 1.165) is 5.92 Å². The first-order valence-electron chi connectivity index (χ1n) is 6.69. The van der Waals surface area contributed by atoms with Crippen LogP contribution in [-0.4, -0.2) is 28.5 Å². The summed E-state index contributed by atoms with van der Waals surface area (Å²) in [5.74, 6) is 0.798. The summed E-state index contributed by atoms with van der Waals surface area (Å²) in [5, 5.41) is 0. The van der Waals surface area contributed by atoms with Crippen molar-refractivity contribution in [3.8, 4) is 0 Å². The largest absolute Gasteiger partial charge is 0.298 e. The van der Waals surface area contributed by atoms with Crippen LogP contribution in [0, 0.1) is 5.92 Å². The van der Waals surface area contributed by atoms with Gasteiger partial charge in [-0.05, 0) is 64.1 Å². The maximum Gasteiger partial charge on any atom is 0.0299 e. The SMILES string of the molecule is CC(C)(C)N1CCCC(Cc2cccnc2)C1. The molecule has 94 valence electrons. The minimum Gasteiger partial charge on any atom is -0.298 e. The van der Waals surface area contributed by atoms with Crippen molar-refractivity contribution in [2.24, 2.45) is 5.92 Å². The molecule has 1 aromatic heterocycles. The Hall–Kier alpha value is -0.890. The van der Waals surface area contributed by atoms with Gasteiger partial charge in [-0.1, -0.05) is 6.07 Å². The molecule has 0 spiro atoms. The third kappa shape index (κ3) is 3.53. The highest BCUT2D eigenvalue weighted by molar-refractivity contribution is 5.09. The third-order valence-electron chi connectivity index (χ3n) is 3.71. The van der Waals surface area contributed by atoms with E-state index in [0.29, 0.717) is 5.54 Å². The summed E-state index contributed by atoms with van der Waals surface area (Å²) in [5.41, 5.74) is 1.70. The lowest BCUT2D eigenvalue weighted by Gasteiger charge is -2.41. The summed E-state index contributed by atoms with van der Waals surface area (Å²) >= 11 is 0. The van der Waals surface area contributed by atoms with Gasteiger partial charge in [-0.3, -0.25) is 9.88 Å². The van der Waals surface area contributed by atoms with E-state index in [9.17, 15) is 0 Å². The smallest absolute Gasteiger partial charge is 0.0299 e. The minimum atomic E-state index is 0.313. The first-order valence-corrected chi connectivity index (χ1v) is 6.69. The van der Waals surface area contributed by atoms with Crippen LogP contribution in [-0.2, 0) is 6.42 Å². The van der Waals surface area contributed by atoms with E-state index in [2.05, 4.69) is 36.7 Å². The minimum absolute atomic E-state index is 0.313. The van der Waals surface area contributed by atoms with Gasteiger partial charge in [-0.2, -0.15) is 0 Å². The van der Waals surface area contributed by atoms with E-state index in [1.807, 2.05) is 18.5 Å². The average molecular weight is 232 g/mol. The van der Waals surface area contributed by atoms with Crippen LogP contribution in [0.5, 0.6) is 0 Å². The van der Waals surface area contributed by atoms with Gasteiger partial charge >= 0.3 is 0 Å². The van der Waals surface area contributed by atoms with Crippen LogP contribution in [0.1, 0.15) is 39.2 Å². The molecule has 1 aliphatic rings. The Morgan fingerprint density at radius 2 is 2.24 bits per heavy atom. The Bertz CT molecular complexity index is 340. The van der Waals surface area contributed by atoms with Crippen molar-refractivity contribution in [2.75, 3.05) is 13.1 Å². The van der Waals surface area contributed by atoms with Gasteiger partial charge in [0.25, 0.3) is 0 Å². The first-order chi connectivity index (χ1) is 8.05. The lowest BCUT2D eigenvalue weighted by atomic mass is 9.89. The van der Waals surface area contributed by atoms with Crippen molar-refractivity contribution < 1.29 is 0 Å². The molecule has 2 heteroatoms. The number of pyridine rings is 1. The van der Waals surface area contributed by atoms with Crippen molar-refractivity contribution >= 4 is 0 Å². The van der Waals surface area contributed by atoms with E-state index < -0.39 is 0 Å². The Morgan fingerprint density at radius 1 is 1.41 bits per heavy atom. The van der Waals surface area contributed by atoms with Crippen LogP contribution in [0.4, 0.5) is 0 Å². The van der Waals surface area contributed by atoms with Gasteiger partial charge in [0.05, 0.1) is 0 Å². The molecular formula is C15H24N2. The van der Waals surface area contributed by atoms with Gasteiger partial charge in [-0.15, -0.1) is 0 Å². The van der Waals surface area contributed by atoms with E-state index in [1.54, 1.807) is 0 Å². The van der Waals surface area contributed by atoms with Crippen molar-refractivity contribution in [1.82, 2.24) is 9.88 Å². The monoisotopic (exact) mass is 232 g/mol. The van der Waals surface area contributed by atoms with Crippen molar-refractivity contribution in [3.63, 3.8) is 0 Å². The van der Waals surface area contributed by atoms with Crippen LogP contribution >= 0.6 is 0 Å². The summed E-state index contributed by atoms with van der Waals surface area (Å²) in [6.07, 6.45) is 7.74. The summed E-state index contributed by atoms with van der Waals surface area (Å²) < 4.78 is 0. The fourth-order valence-corrected chi connectivity index (χ4v) is 2.69. The zero-order valence-corrected chi connectivity index (χ0v) is 11.3. The molecule has 0 radical (unpaired) electrons. The summed E-state index contributed by atoms with van der Waals surface area (Å²) in [4.78, 5) is 6.83. The van der Waals surface area contributed by atoms with Crippen LogP contribution in [0.15, 0.2) is 24.5 Å². The summed E-state index contributed by atoms with van der Waals surface area (Å²) in [7, 11) is 0. The lowest BCUT2D eigenvalue weighted by molar-refractivity contribution is 0.0790. The number of nitrogens with zero attached hydrogens (tertiary/aromatic N) is 2. The Balaban J connectivity index is 1.94. The molecule has 17 heavy (non-hydrogen) atoms. The zero-order valence-electron chi connectivity index (χ0n) is 11.3. The zero-order chi connectivity index (χ0) is 12.3. The van der Waals surface area contributed by atoms with Gasteiger partial charge in [0.2, 0.25) is 0 Å². The molecule has 1 saturated heterocycles. The standard InChI is InChI=1S/C15H24N2/c1-15(2,3)17-9-5-7-14(12-17)10-13-6-4-8-16-11-13/h4,6,8,11,14H,5,7,9-10,12H2,1-3H3. The van der Waals surface area contributed by atoms with E-state index in [4.69, 9.17) is 0 Å². The molecule has 0 N–H and O–H groups in total. The molecular weight excluding hydrogens is 208 g/mol. The summed E-state index contributed by atoms with van der Waals surface area (Å²) in [6, 6.07) is 4.24. The third-order valence-corrected chi connectivity index (χ3v) is 3.71. The van der Waals surface area contributed by atoms with E-state index in [-0.39, 0.29) is 0 Å². The highest BCUT2D eigenvalue weighted by atomic mass is 15.2. The molecule has 1 fully saturated rings. The lowest BCUT2D eigenvalue weighted by Crippen LogP contribution is -2.47. The van der Waals surface area contributed by atoms with Gasteiger partial charge in [-0.25, -0.2) is 0 Å². The first kappa shape index (κ1) is 12.6. The van der Waals surface area contributed by atoms with Gasteiger partial charge in [0.15, 0.2) is 0 Å². The number of aromatic nitrogens is 1. The number of hydrogen-bond donors (Lipinski definition) is 0. The average Bonchev–Trinajstić information content (AvgIpc) is 2.29. The molecule has 1 aliphatic heterocycles. The van der Waals surface area contributed by atoms with E-state index in [1.165, 1.54) is 37.9 Å². The van der Waals surface area contributed by atoms with Crippen LogP contribution in [0.25, 0.3) is 0 Å². The van der Waals surface area contributed by atoms with Crippen molar-refractivity contribution in [2.45, 2.75) is 45.6 Å². The molecule has 2 nitrogen and oxygen atoms in total. The fraction of sp³-hybridized carbons (Fsp3) is 0.667. The number of hydrogen-bond acceptors (Lipinski definition) is 2. The molecule has 0 aromatic carbocycles. The van der Waals surface area contributed by atoms with Crippen LogP contribution < -0.4 is 0 Å². The van der Waals surface area contributed by atoms with Gasteiger partial charge < -0.3 is 0 Å². The summed E-state index contributed by atoms with van der Waals surface area (Å²) in [6.45, 7) is 9.45. The normalized spacial score (nSPS) is 22.6. The van der Waals surface area contributed by atoms with E-state index >= 15 is 0 Å². The second-order valence-corrected chi connectivity index (χ2v) is 6.19. The number of likely N-dealkylation sites (tertiary alicyclic amines) is 1. The fourth-order valence-electron chi connectivity index (χ4n) is 2.69. The maximum atomic E-state index is 4.20. The van der Waals surface area contributed by atoms with Crippen LogP contribution in [0.3, 0.4) is 0 Å². The Kier molecular flexibility index (Phi) is 3.82. The second kappa shape index (κ2) is 5.18. The van der Waals surface area contributed by atoms with Crippen molar-refractivity contribution in [3.05, 3.63) is 30.1 Å². The molecule has 0 aliphatic carbocycles. The number of rotatable bonds is 2. The Labute approximate surface area is 105 Å². The highest BCUT2D eigenvalue weighted by Crippen LogP contribution is 2.25. The van der Waals surface area contributed by atoms with Gasteiger partial charge in [0, 0.05) is 24.5 Å². The molecule has 0 amide bonds. The maximum absolute atomic E-state index is 4.20. The predicted octanol–water partition coefficient (Wildman–Crippen LogP) is 3.13. The quantitative estimate of drug-likeness (QED) is 0.779. The molecule has 2 rings (SSSR count). The predicted molar refractivity (Wildman–Crippen MR) is 72.0 cm³/mol. The molecule has 0 bridgehead atoms. The highest BCUT2D eigenvalue weighted by Gasteiger charge is 2.27. The second-order valence-electron chi connectivity index (χ2n) is 6.19. The van der Waals surface area contributed by atoms with Gasteiger partial charge in [0.1, 0.15) is 0 Å². The molecule has 1 aromatic rings. The molecule has 1 unspecified atom stereocenters. The Morgan fingerprint density at radius 3 is 2.88 bits per heavy atom.